The Morgan fingerprint density at radius 1 is 1.48 bits per heavy atom. The number of imidazole rings is 1. The van der Waals surface area contributed by atoms with Gasteiger partial charge in [0, 0.05) is 18.9 Å². The number of hydrogen-bond acceptors (Lipinski definition) is 3. The van der Waals surface area contributed by atoms with E-state index >= 15 is 0 Å². The minimum atomic E-state index is -2.61. The first-order valence-corrected chi connectivity index (χ1v) is 7.99. The summed E-state index contributed by atoms with van der Waals surface area (Å²) in [5.41, 5.74) is 1.42. The fraction of sp³-hybridized carbons (Fsp3) is 0.625. The molecular formula is C16H24F2N4O. The number of nitrogens with zero attached hydrogens (tertiary/aromatic N) is 3. The monoisotopic (exact) mass is 326 g/mol. The van der Waals surface area contributed by atoms with Gasteiger partial charge in [0.05, 0.1) is 13.1 Å². The average Bonchev–Trinajstić information content (AvgIpc) is 2.96. The second-order valence-electron chi connectivity index (χ2n) is 5.91. The molecule has 0 spiro atoms. The van der Waals surface area contributed by atoms with Crippen LogP contribution in [-0.4, -0.2) is 40.5 Å². The molecular weight excluding hydrogens is 302 g/mol. The van der Waals surface area contributed by atoms with Crippen molar-refractivity contribution in [2.24, 2.45) is 0 Å². The summed E-state index contributed by atoms with van der Waals surface area (Å²) in [5.74, 6) is 0.154. The molecule has 0 saturated carbocycles. The Morgan fingerprint density at radius 3 is 3.00 bits per heavy atom. The molecule has 1 aliphatic carbocycles. The molecule has 0 atom stereocenters. The molecule has 0 unspecified atom stereocenters. The van der Waals surface area contributed by atoms with E-state index in [0.717, 1.165) is 23.8 Å². The van der Waals surface area contributed by atoms with Crippen molar-refractivity contribution in [1.29, 1.82) is 0 Å². The maximum atomic E-state index is 12.7. The number of alkyl halides is 2. The molecule has 0 aromatic carbocycles. The Kier molecular flexibility index (Phi) is 6.70. The third-order valence-electron chi connectivity index (χ3n) is 3.94. The van der Waals surface area contributed by atoms with E-state index in [9.17, 15) is 13.6 Å². The molecule has 23 heavy (non-hydrogen) atoms. The number of halogens is 2. The highest BCUT2D eigenvalue weighted by Crippen LogP contribution is 2.19. The van der Waals surface area contributed by atoms with Crippen molar-refractivity contribution in [3.8, 4) is 0 Å². The summed E-state index contributed by atoms with van der Waals surface area (Å²) in [4.78, 5) is 17.5. The second-order valence-corrected chi connectivity index (χ2v) is 5.91. The van der Waals surface area contributed by atoms with Gasteiger partial charge in [-0.3, -0.25) is 14.3 Å². The number of carbonyl (C=O) groups is 1. The normalized spacial score (nSPS) is 15.1. The zero-order chi connectivity index (χ0) is 16.7. The molecule has 7 heteroatoms. The number of likely N-dealkylation sites (N-methyl/N-ethyl adjacent to an activating group) is 1. The number of amides is 1. The number of carbonyl (C=O) groups excluding carboxylic acids is 1. The van der Waals surface area contributed by atoms with Gasteiger partial charge >= 0.3 is 6.55 Å². The standard InChI is InChI=1S/C16H24F2N4O/c1-21(11-14-19-9-10-22(14)16(17)18)12-15(23)20-8-7-13-5-3-2-4-6-13/h5,9-10,16H,2-4,6-8,11-12H2,1H3,(H,20,23). The number of aromatic nitrogens is 2. The highest BCUT2D eigenvalue weighted by molar-refractivity contribution is 5.77. The van der Waals surface area contributed by atoms with Crippen molar-refractivity contribution in [2.75, 3.05) is 20.1 Å². The van der Waals surface area contributed by atoms with Crippen molar-refractivity contribution >= 4 is 5.91 Å². The summed E-state index contributed by atoms with van der Waals surface area (Å²) in [5, 5.41) is 2.88. The first-order chi connectivity index (χ1) is 11.1. The lowest BCUT2D eigenvalue weighted by Crippen LogP contribution is -2.36. The van der Waals surface area contributed by atoms with Crippen LogP contribution < -0.4 is 5.32 Å². The number of allylic oxidation sites excluding steroid dienone is 1. The van der Waals surface area contributed by atoms with Gasteiger partial charge in [0.1, 0.15) is 5.82 Å². The lowest BCUT2D eigenvalue weighted by atomic mass is 9.97. The Labute approximate surface area is 135 Å². The van der Waals surface area contributed by atoms with Gasteiger partial charge in [-0.25, -0.2) is 4.98 Å². The highest BCUT2D eigenvalue weighted by atomic mass is 19.3. The molecule has 128 valence electrons. The molecule has 2 rings (SSSR count). The van der Waals surface area contributed by atoms with Gasteiger partial charge in [0.25, 0.3) is 0 Å². The highest BCUT2D eigenvalue weighted by Gasteiger charge is 2.14. The third kappa shape index (κ3) is 5.74. The zero-order valence-corrected chi connectivity index (χ0v) is 13.5. The number of hydrogen-bond donors (Lipinski definition) is 1. The van der Waals surface area contributed by atoms with Crippen LogP contribution >= 0.6 is 0 Å². The summed E-state index contributed by atoms with van der Waals surface area (Å²) in [6, 6.07) is 0. The van der Waals surface area contributed by atoms with E-state index in [0.29, 0.717) is 6.54 Å². The second kappa shape index (κ2) is 8.76. The Balaban J connectivity index is 1.70. The van der Waals surface area contributed by atoms with Crippen molar-refractivity contribution in [1.82, 2.24) is 19.8 Å². The van der Waals surface area contributed by atoms with Crippen molar-refractivity contribution in [2.45, 2.75) is 45.2 Å². The summed E-state index contributed by atoms with van der Waals surface area (Å²) in [6.07, 6.45) is 10.5. The van der Waals surface area contributed by atoms with Gasteiger partial charge in [-0.15, -0.1) is 0 Å². The smallest absolute Gasteiger partial charge is 0.319 e. The minimum Gasteiger partial charge on any atom is -0.355 e. The van der Waals surface area contributed by atoms with E-state index < -0.39 is 6.55 Å². The fourth-order valence-electron chi connectivity index (χ4n) is 2.74. The first kappa shape index (κ1) is 17.6. The van der Waals surface area contributed by atoms with Gasteiger partial charge in [-0.05, 0) is 39.2 Å². The molecule has 0 saturated heterocycles. The molecule has 5 nitrogen and oxygen atoms in total. The van der Waals surface area contributed by atoms with Crippen LogP contribution in [0.3, 0.4) is 0 Å². The van der Waals surface area contributed by atoms with Crippen LogP contribution in [0.5, 0.6) is 0 Å². The van der Waals surface area contributed by atoms with Crippen LogP contribution in [0.2, 0.25) is 0 Å². The summed E-state index contributed by atoms with van der Waals surface area (Å²) in [6.45, 7) is -1.62. The molecule has 1 aliphatic rings. The van der Waals surface area contributed by atoms with Gasteiger partial charge in [0.15, 0.2) is 0 Å². The molecule has 0 radical (unpaired) electrons. The zero-order valence-electron chi connectivity index (χ0n) is 13.5. The summed E-state index contributed by atoms with van der Waals surface area (Å²) < 4.78 is 26.3. The topological polar surface area (TPSA) is 50.2 Å². The van der Waals surface area contributed by atoms with Crippen molar-refractivity contribution in [3.63, 3.8) is 0 Å². The van der Waals surface area contributed by atoms with E-state index in [1.165, 1.54) is 30.8 Å². The number of nitrogens with one attached hydrogen (secondary N) is 1. The van der Waals surface area contributed by atoms with E-state index in [1.54, 1.807) is 11.9 Å². The van der Waals surface area contributed by atoms with E-state index in [1.807, 2.05) is 0 Å². The van der Waals surface area contributed by atoms with Crippen LogP contribution in [0.15, 0.2) is 24.0 Å². The van der Waals surface area contributed by atoms with Crippen molar-refractivity contribution < 1.29 is 13.6 Å². The van der Waals surface area contributed by atoms with Crippen molar-refractivity contribution in [3.05, 3.63) is 29.9 Å². The van der Waals surface area contributed by atoms with Crippen LogP contribution in [0.4, 0.5) is 8.78 Å². The number of rotatable bonds is 8. The van der Waals surface area contributed by atoms with E-state index in [4.69, 9.17) is 0 Å². The SMILES string of the molecule is CN(CC(=O)NCCC1=CCCCC1)Cc1nccn1C(F)F. The molecule has 1 N–H and O–H groups in total. The quantitative estimate of drug-likeness (QED) is 0.747. The Bertz CT molecular complexity index is 542. The maximum absolute atomic E-state index is 12.7. The predicted octanol–water partition coefficient (Wildman–Crippen LogP) is 2.72. The van der Waals surface area contributed by atoms with Crippen LogP contribution in [0, 0.1) is 0 Å². The van der Waals surface area contributed by atoms with Gasteiger partial charge in [0.2, 0.25) is 5.91 Å². The average molecular weight is 326 g/mol. The molecule has 1 heterocycles. The van der Waals surface area contributed by atoms with Gasteiger partial charge in [-0.1, -0.05) is 11.6 Å². The van der Waals surface area contributed by atoms with E-state index in [2.05, 4.69) is 16.4 Å². The summed E-state index contributed by atoms with van der Waals surface area (Å²) >= 11 is 0. The summed E-state index contributed by atoms with van der Waals surface area (Å²) in [7, 11) is 1.72. The predicted molar refractivity (Wildman–Crippen MR) is 84.0 cm³/mol. The van der Waals surface area contributed by atoms with Gasteiger partial charge < -0.3 is 5.32 Å². The van der Waals surface area contributed by atoms with Gasteiger partial charge in [-0.2, -0.15) is 8.78 Å². The largest absolute Gasteiger partial charge is 0.355 e. The van der Waals surface area contributed by atoms with E-state index in [-0.39, 0.29) is 24.8 Å². The first-order valence-electron chi connectivity index (χ1n) is 7.99. The molecule has 0 aliphatic heterocycles. The van der Waals surface area contributed by atoms with Crippen LogP contribution in [0.25, 0.3) is 0 Å². The van der Waals surface area contributed by atoms with Crippen LogP contribution in [-0.2, 0) is 11.3 Å². The Hall–Kier alpha value is -1.76. The molecule has 0 fully saturated rings. The lowest BCUT2D eigenvalue weighted by Gasteiger charge is -2.17. The Morgan fingerprint density at radius 2 is 2.30 bits per heavy atom. The molecule has 1 aromatic rings. The fourth-order valence-corrected chi connectivity index (χ4v) is 2.74. The molecule has 1 aromatic heterocycles. The molecule has 0 bridgehead atoms. The third-order valence-corrected chi connectivity index (χ3v) is 3.94. The molecule has 1 amide bonds. The lowest BCUT2D eigenvalue weighted by molar-refractivity contribution is -0.122. The minimum absolute atomic E-state index is 0.0981. The van der Waals surface area contributed by atoms with Crippen LogP contribution in [0.1, 0.15) is 44.5 Å². The maximum Gasteiger partial charge on any atom is 0.319 e.